The van der Waals surface area contributed by atoms with Gasteiger partial charge in [0.25, 0.3) is 0 Å². The minimum atomic E-state index is -1.73. The number of likely N-dealkylation sites (tertiary alicyclic amines) is 1. The summed E-state index contributed by atoms with van der Waals surface area (Å²) in [5.74, 6) is -11.4. The van der Waals surface area contributed by atoms with Crippen molar-refractivity contribution in [3.05, 3.63) is 18.2 Å². The van der Waals surface area contributed by atoms with E-state index in [4.69, 9.17) is 5.73 Å². The van der Waals surface area contributed by atoms with Crippen molar-refractivity contribution in [3.8, 4) is 0 Å². The van der Waals surface area contributed by atoms with Crippen LogP contribution in [-0.2, 0) is 54.4 Å². The summed E-state index contributed by atoms with van der Waals surface area (Å²) >= 11 is 0. The van der Waals surface area contributed by atoms with Gasteiger partial charge in [0.05, 0.1) is 25.9 Å². The molecule has 0 aliphatic carbocycles. The number of carbonyl (C=O) groups is 10. The number of amides is 8. The van der Waals surface area contributed by atoms with Gasteiger partial charge in [0.15, 0.2) is 0 Å². The SMILES string of the molecule is CC[C@H](C)[C@H](NC(=O)[C@@H](NC(=O)[C@H](CC(=O)O)NC(=O)[C@@H]1CCCN1C(=O)CNC(=O)[C@H](Cc1cnc[nH]1)NC(=O)[C@@H](N)CO)C(C)C)C(=O)N[C@H](C(=O)N[C@H](C(=O)O)C(C)C)C(C)C. The van der Waals surface area contributed by atoms with Gasteiger partial charge in [-0.1, -0.05) is 61.8 Å². The fraction of sp³-hybridized carbons (Fsp3) is 0.683. The molecule has 13 N–H and O–H groups in total. The van der Waals surface area contributed by atoms with E-state index in [1.807, 2.05) is 0 Å². The van der Waals surface area contributed by atoms with E-state index < -0.39 is 151 Å². The van der Waals surface area contributed by atoms with Crippen LogP contribution in [-0.4, -0.2) is 157 Å². The lowest BCUT2D eigenvalue weighted by molar-refractivity contribution is -0.144. The number of aromatic nitrogens is 2. The molecular weight excluding hydrogens is 855 g/mol. The fourth-order valence-corrected chi connectivity index (χ4v) is 6.83. The highest BCUT2D eigenvalue weighted by Crippen LogP contribution is 2.19. The predicted molar refractivity (Wildman–Crippen MR) is 231 cm³/mol. The number of carboxylic acid groups (broad SMARTS) is 2. The lowest BCUT2D eigenvalue weighted by Crippen LogP contribution is -2.62. The summed E-state index contributed by atoms with van der Waals surface area (Å²) in [5, 5.41) is 46.0. The molecule has 2 rings (SSSR count). The Morgan fingerprint density at radius 3 is 1.77 bits per heavy atom. The fourth-order valence-electron chi connectivity index (χ4n) is 6.83. The quantitative estimate of drug-likeness (QED) is 0.0437. The number of carboxylic acids is 2. The van der Waals surface area contributed by atoms with Crippen LogP contribution in [0.3, 0.4) is 0 Å². The van der Waals surface area contributed by atoms with E-state index in [0.29, 0.717) is 18.5 Å². The average Bonchev–Trinajstić information content (AvgIpc) is 3.96. The van der Waals surface area contributed by atoms with Gasteiger partial charge in [0.2, 0.25) is 47.3 Å². The minimum absolute atomic E-state index is 0.0752. The number of nitrogens with zero attached hydrogens (tertiary/aromatic N) is 2. The lowest BCUT2D eigenvalue weighted by atomic mass is 9.95. The molecule has 2 heterocycles. The lowest BCUT2D eigenvalue weighted by Gasteiger charge is -2.31. The maximum atomic E-state index is 13.9. The molecule has 0 radical (unpaired) electrons. The molecule has 1 aromatic rings. The molecule has 0 saturated carbocycles. The highest BCUT2D eigenvalue weighted by Gasteiger charge is 2.39. The molecule has 9 atom stereocenters. The Hall–Kier alpha value is -6.17. The van der Waals surface area contributed by atoms with E-state index in [1.165, 1.54) is 12.5 Å². The molecule has 8 amide bonds. The van der Waals surface area contributed by atoms with Gasteiger partial charge < -0.3 is 68.2 Å². The summed E-state index contributed by atoms with van der Waals surface area (Å²) < 4.78 is 0. The Kier molecular flexibility index (Phi) is 21.9. The number of nitrogens with two attached hydrogens (primary N) is 1. The standard InChI is InChI=1S/C41H67N11O13/c1-9-22(8)33(40(63)49-31(20(4)5)38(61)50-32(21(6)7)41(64)65)51-39(62)30(19(2)3)48-36(59)26(14-29(55)56)47-37(60)27-11-10-12-52(27)28(54)16-44-35(58)25(13-23-15-43-18-45-23)46-34(57)24(42)17-53/h15,18-22,24-27,30-33,53H,9-14,16-17,42H2,1-8H3,(H,43,45)(H,44,58)(H,46,57)(H,47,60)(H,48,59)(H,49,63)(H,50,61)(H,51,62)(H,55,56)(H,64,65)/t22-,24-,25-,26-,27-,30-,31-,32-,33-/m0/s1. The maximum Gasteiger partial charge on any atom is 0.326 e. The first-order valence-electron chi connectivity index (χ1n) is 21.6. The molecule has 1 saturated heterocycles. The largest absolute Gasteiger partial charge is 0.481 e. The predicted octanol–water partition coefficient (Wildman–Crippen LogP) is -3.14. The Morgan fingerprint density at radius 2 is 1.28 bits per heavy atom. The van der Waals surface area contributed by atoms with E-state index in [0.717, 1.165) is 4.90 Å². The van der Waals surface area contributed by atoms with Crippen molar-refractivity contribution >= 4 is 59.2 Å². The molecule has 1 fully saturated rings. The van der Waals surface area contributed by atoms with Crippen molar-refractivity contribution in [1.82, 2.24) is 52.1 Å². The molecule has 364 valence electrons. The van der Waals surface area contributed by atoms with Crippen LogP contribution < -0.4 is 43.0 Å². The van der Waals surface area contributed by atoms with Crippen LogP contribution >= 0.6 is 0 Å². The van der Waals surface area contributed by atoms with Crippen LogP contribution in [0.25, 0.3) is 0 Å². The maximum absolute atomic E-state index is 13.9. The van der Waals surface area contributed by atoms with E-state index in [-0.39, 0.29) is 19.4 Å². The average molecular weight is 922 g/mol. The molecule has 24 heteroatoms. The van der Waals surface area contributed by atoms with Crippen LogP contribution in [0.5, 0.6) is 0 Å². The number of H-pyrrole nitrogens is 1. The van der Waals surface area contributed by atoms with Gasteiger partial charge in [-0.25, -0.2) is 9.78 Å². The first-order chi connectivity index (χ1) is 30.4. The van der Waals surface area contributed by atoms with E-state index in [9.17, 15) is 63.3 Å². The van der Waals surface area contributed by atoms with Crippen molar-refractivity contribution in [2.45, 2.75) is 136 Å². The molecule has 24 nitrogen and oxygen atoms in total. The van der Waals surface area contributed by atoms with Gasteiger partial charge in [-0.3, -0.25) is 43.2 Å². The zero-order valence-electron chi connectivity index (χ0n) is 38.1. The first kappa shape index (κ1) is 55.0. The minimum Gasteiger partial charge on any atom is -0.481 e. The van der Waals surface area contributed by atoms with Gasteiger partial charge in [-0.05, 0) is 36.5 Å². The third kappa shape index (κ3) is 16.7. The topological polar surface area (TPSA) is 374 Å². The zero-order valence-corrected chi connectivity index (χ0v) is 38.1. The van der Waals surface area contributed by atoms with Crippen LogP contribution in [0.2, 0.25) is 0 Å². The number of hydrogen-bond acceptors (Lipinski definition) is 13. The number of aliphatic hydroxyl groups is 1. The second-order valence-corrected chi connectivity index (χ2v) is 17.2. The monoisotopic (exact) mass is 921 g/mol. The summed E-state index contributed by atoms with van der Waals surface area (Å²) in [6, 6.07) is -10.5. The van der Waals surface area contributed by atoms with E-state index in [2.05, 4.69) is 47.2 Å². The van der Waals surface area contributed by atoms with Gasteiger partial charge in [0.1, 0.15) is 48.3 Å². The molecule has 1 aromatic heterocycles. The van der Waals surface area contributed by atoms with E-state index in [1.54, 1.807) is 55.4 Å². The van der Waals surface area contributed by atoms with E-state index >= 15 is 0 Å². The molecule has 0 bridgehead atoms. The smallest absolute Gasteiger partial charge is 0.326 e. The van der Waals surface area contributed by atoms with Crippen LogP contribution in [0.1, 0.15) is 86.8 Å². The Morgan fingerprint density at radius 1 is 0.738 bits per heavy atom. The number of nitrogens with one attached hydrogen (secondary N) is 8. The van der Waals surface area contributed by atoms with Gasteiger partial charge in [0, 0.05) is 24.9 Å². The molecule has 65 heavy (non-hydrogen) atoms. The second kappa shape index (κ2) is 26.0. The van der Waals surface area contributed by atoms with Crippen LogP contribution in [0.15, 0.2) is 12.5 Å². The molecule has 0 unspecified atom stereocenters. The van der Waals surface area contributed by atoms with Gasteiger partial charge in [-0.15, -0.1) is 0 Å². The number of rotatable bonds is 26. The second-order valence-electron chi connectivity index (χ2n) is 17.2. The van der Waals surface area contributed by atoms with Crippen LogP contribution in [0, 0.1) is 23.7 Å². The molecular formula is C41H67N11O13. The Bertz CT molecular complexity index is 1840. The van der Waals surface area contributed by atoms with Crippen molar-refractivity contribution in [2.24, 2.45) is 29.4 Å². The normalized spacial score (nSPS) is 17.4. The molecule has 0 aromatic carbocycles. The first-order valence-corrected chi connectivity index (χ1v) is 21.6. The van der Waals surface area contributed by atoms with Crippen molar-refractivity contribution in [2.75, 3.05) is 19.7 Å². The third-order valence-corrected chi connectivity index (χ3v) is 11.0. The zero-order chi connectivity index (χ0) is 49.3. The summed E-state index contributed by atoms with van der Waals surface area (Å²) in [5.41, 5.74) is 6.05. The highest BCUT2D eigenvalue weighted by molar-refractivity contribution is 5.98. The van der Waals surface area contributed by atoms with Crippen molar-refractivity contribution < 1.29 is 63.3 Å². The number of aliphatic carboxylic acids is 2. The van der Waals surface area contributed by atoms with Crippen molar-refractivity contribution in [3.63, 3.8) is 0 Å². The summed E-state index contributed by atoms with van der Waals surface area (Å²) in [6.45, 7) is 11.9. The summed E-state index contributed by atoms with van der Waals surface area (Å²) in [4.78, 5) is 139. The number of aliphatic hydroxyl groups excluding tert-OH is 1. The number of aromatic amines is 1. The Balaban J connectivity index is 2.21. The van der Waals surface area contributed by atoms with Gasteiger partial charge >= 0.3 is 11.9 Å². The van der Waals surface area contributed by atoms with Gasteiger partial charge in [-0.2, -0.15) is 0 Å². The molecule has 1 aliphatic rings. The van der Waals surface area contributed by atoms with Crippen molar-refractivity contribution in [1.29, 1.82) is 0 Å². The summed E-state index contributed by atoms with van der Waals surface area (Å²) in [6.07, 6.45) is 2.63. The third-order valence-electron chi connectivity index (χ3n) is 11.0. The van der Waals surface area contributed by atoms with Crippen LogP contribution in [0.4, 0.5) is 0 Å². The molecule has 0 spiro atoms. The number of imidazole rings is 1. The highest BCUT2D eigenvalue weighted by atomic mass is 16.4. The number of carbonyl (C=O) groups excluding carboxylic acids is 8. The number of hydrogen-bond donors (Lipinski definition) is 12. The molecule has 1 aliphatic heterocycles. The summed E-state index contributed by atoms with van der Waals surface area (Å²) in [7, 11) is 0. The Labute approximate surface area is 377 Å².